The van der Waals surface area contributed by atoms with Crippen LogP contribution in [0.4, 0.5) is 0 Å². The van der Waals surface area contributed by atoms with Crippen molar-refractivity contribution in [3.05, 3.63) is 47.8 Å². The number of nitrogens with zero attached hydrogens (tertiary/aromatic N) is 1. The van der Waals surface area contributed by atoms with E-state index in [-0.39, 0.29) is 0 Å². The van der Waals surface area contributed by atoms with Crippen molar-refractivity contribution in [2.24, 2.45) is 4.99 Å². The average molecular weight is 188 g/mol. The second-order valence-corrected chi connectivity index (χ2v) is 3.07. The Morgan fingerprint density at radius 1 is 1.43 bits per heavy atom. The zero-order chi connectivity index (χ0) is 10.2. The number of hydrogen-bond donors (Lipinski definition) is 1. The fourth-order valence-corrected chi connectivity index (χ4v) is 1.28. The number of benzene rings is 1. The molecule has 0 unspecified atom stereocenters. The summed E-state index contributed by atoms with van der Waals surface area (Å²) in [5.74, 6) is 0. The molecule has 0 aromatic heterocycles. The SMILES string of the molecule is C=N/C(=C\NC)CCc1ccccc1. The van der Waals surface area contributed by atoms with Crippen LogP contribution >= 0.6 is 0 Å². The van der Waals surface area contributed by atoms with Gasteiger partial charge in [0.05, 0.1) is 5.70 Å². The number of hydrogen-bond acceptors (Lipinski definition) is 2. The molecule has 2 nitrogen and oxygen atoms in total. The van der Waals surface area contributed by atoms with Crippen molar-refractivity contribution in [1.29, 1.82) is 0 Å². The summed E-state index contributed by atoms with van der Waals surface area (Å²) in [6, 6.07) is 10.4. The van der Waals surface area contributed by atoms with Gasteiger partial charge < -0.3 is 5.32 Å². The topological polar surface area (TPSA) is 24.4 Å². The van der Waals surface area contributed by atoms with Gasteiger partial charge in [-0.2, -0.15) is 0 Å². The van der Waals surface area contributed by atoms with E-state index in [1.54, 1.807) is 0 Å². The zero-order valence-corrected chi connectivity index (χ0v) is 8.53. The summed E-state index contributed by atoms with van der Waals surface area (Å²) in [6.07, 6.45) is 3.82. The number of rotatable bonds is 5. The highest BCUT2D eigenvalue weighted by Crippen LogP contribution is 2.08. The predicted octanol–water partition coefficient (Wildman–Crippen LogP) is 2.38. The molecule has 14 heavy (non-hydrogen) atoms. The van der Waals surface area contributed by atoms with Crippen molar-refractivity contribution in [2.45, 2.75) is 12.8 Å². The summed E-state index contributed by atoms with van der Waals surface area (Å²) >= 11 is 0. The van der Waals surface area contributed by atoms with E-state index in [1.165, 1.54) is 5.56 Å². The second-order valence-electron chi connectivity index (χ2n) is 3.07. The van der Waals surface area contributed by atoms with Gasteiger partial charge in [-0.25, -0.2) is 0 Å². The summed E-state index contributed by atoms with van der Waals surface area (Å²) < 4.78 is 0. The second kappa shape index (κ2) is 5.97. The molecule has 1 rings (SSSR count). The van der Waals surface area contributed by atoms with Crippen molar-refractivity contribution in [3.8, 4) is 0 Å². The van der Waals surface area contributed by atoms with E-state index in [4.69, 9.17) is 0 Å². The Labute approximate surface area is 85.4 Å². The molecule has 0 fully saturated rings. The van der Waals surface area contributed by atoms with E-state index in [0.29, 0.717) is 0 Å². The number of aliphatic imine (C=N–C) groups is 1. The van der Waals surface area contributed by atoms with Gasteiger partial charge >= 0.3 is 0 Å². The number of aryl methyl sites for hydroxylation is 1. The Morgan fingerprint density at radius 3 is 2.71 bits per heavy atom. The first kappa shape index (κ1) is 10.5. The van der Waals surface area contributed by atoms with Crippen LogP contribution in [-0.4, -0.2) is 13.8 Å². The van der Waals surface area contributed by atoms with Crippen LogP contribution < -0.4 is 5.32 Å². The molecule has 0 saturated heterocycles. The predicted molar refractivity (Wildman–Crippen MR) is 61.5 cm³/mol. The third kappa shape index (κ3) is 3.44. The largest absolute Gasteiger partial charge is 0.393 e. The standard InChI is InChI=1S/C12H16N2/c1-13-10-12(14-2)9-8-11-6-4-3-5-7-11/h3-7,10,13H,2,8-9H2,1H3/b12-10-. The third-order valence-corrected chi connectivity index (χ3v) is 2.03. The quantitative estimate of drug-likeness (QED) is 0.705. The average Bonchev–Trinajstić information content (AvgIpc) is 2.25. The highest BCUT2D eigenvalue weighted by Gasteiger charge is 1.95. The molecule has 0 aliphatic rings. The van der Waals surface area contributed by atoms with Crippen LogP contribution in [0.5, 0.6) is 0 Å². The summed E-state index contributed by atoms with van der Waals surface area (Å²) in [6.45, 7) is 3.53. The van der Waals surface area contributed by atoms with Gasteiger partial charge in [0.1, 0.15) is 0 Å². The van der Waals surface area contributed by atoms with Crippen LogP contribution in [0.3, 0.4) is 0 Å². The maximum absolute atomic E-state index is 3.94. The molecular weight excluding hydrogens is 172 g/mol. The first-order valence-corrected chi connectivity index (χ1v) is 4.73. The Bertz CT molecular complexity index is 301. The summed E-state index contributed by atoms with van der Waals surface area (Å²) in [4.78, 5) is 3.94. The minimum atomic E-state index is 0.925. The van der Waals surface area contributed by atoms with Gasteiger partial charge in [0, 0.05) is 13.2 Å². The van der Waals surface area contributed by atoms with Gasteiger partial charge in [0.25, 0.3) is 0 Å². The molecule has 1 aromatic rings. The fourth-order valence-electron chi connectivity index (χ4n) is 1.28. The van der Waals surface area contributed by atoms with E-state index in [9.17, 15) is 0 Å². The van der Waals surface area contributed by atoms with Gasteiger partial charge in [0.2, 0.25) is 0 Å². The molecule has 0 atom stereocenters. The van der Waals surface area contributed by atoms with Crippen molar-refractivity contribution in [3.63, 3.8) is 0 Å². The lowest BCUT2D eigenvalue weighted by molar-refractivity contribution is 0.905. The first-order valence-electron chi connectivity index (χ1n) is 4.73. The molecule has 0 radical (unpaired) electrons. The molecular formula is C12H16N2. The Balaban J connectivity index is 2.48. The van der Waals surface area contributed by atoms with Gasteiger partial charge in [-0.1, -0.05) is 30.3 Å². The Morgan fingerprint density at radius 2 is 2.14 bits per heavy atom. The molecule has 0 bridgehead atoms. The fraction of sp³-hybridized carbons (Fsp3) is 0.250. The Hall–Kier alpha value is -1.57. The zero-order valence-electron chi connectivity index (χ0n) is 8.53. The highest BCUT2D eigenvalue weighted by atomic mass is 14.8. The van der Waals surface area contributed by atoms with Crippen molar-refractivity contribution in [2.75, 3.05) is 7.05 Å². The van der Waals surface area contributed by atoms with Crippen LogP contribution in [0.1, 0.15) is 12.0 Å². The molecule has 74 valence electrons. The molecule has 0 heterocycles. The van der Waals surface area contributed by atoms with Crippen LogP contribution in [0.2, 0.25) is 0 Å². The monoisotopic (exact) mass is 188 g/mol. The van der Waals surface area contributed by atoms with E-state index in [0.717, 1.165) is 18.5 Å². The van der Waals surface area contributed by atoms with Crippen molar-refractivity contribution in [1.82, 2.24) is 5.32 Å². The van der Waals surface area contributed by atoms with E-state index >= 15 is 0 Å². The maximum Gasteiger partial charge on any atom is 0.0555 e. The van der Waals surface area contributed by atoms with Gasteiger partial charge in [0.15, 0.2) is 0 Å². The lowest BCUT2D eigenvalue weighted by Crippen LogP contribution is -1.96. The molecule has 2 heteroatoms. The van der Waals surface area contributed by atoms with E-state index in [1.807, 2.05) is 19.3 Å². The minimum Gasteiger partial charge on any atom is -0.393 e. The van der Waals surface area contributed by atoms with Crippen LogP contribution in [0.15, 0.2) is 47.2 Å². The van der Waals surface area contributed by atoms with Gasteiger partial charge in [-0.3, -0.25) is 4.99 Å². The molecule has 0 amide bonds. The smallest absolute Gasteiger partial charge is 0.0555 e. The van der Waals surface area contributed by atoms with Crippen molar-refractivity contribution >= 4 is 6.72 Å². The molecule has 0 aliphatic carbocycles. The molecule has 0 saturated carbocycles. The Kier molecular flexibility index (Phi) is 4.48. The summed E-state index contributed by atoms with van der Waals surface area (Å²) in [5.41, 5.74) is 2.33. The van der Waals surface area contributed by atoms with Crippen molar-refractivity contribution < 1.29 is 0 Å². The molecule has 0 spiro atoms. The lowest BCUT2D eigenvalue weighted by Gasteiger charge is -2.01. The van der Waals surface area contributed by atoms with Crippen LogP contribution in [0, 0.1) is 0 Å². The summed E-state index contributed by atoms with van der Waals surface area (Å²) in [5, 5.41) is 2.96. The molecule has 1 N–H and O–H groups in total. The number of nitrogens with one attached hydrogen (secondary N) is 1. The number of allylic oxidation sites excluding steroid dienone is 1. The minimum absolute atomic E-state index is 0.925. The van der Waals surface area contributed by atoms with Crippen LogP contribution in [0.25, 0.3) is 0 Å². The maximum atomic E-state index is 3.94. The van der Waals surface area contributed by atoms with E-state index < -0.39 is 0 Å². The first-order chi connectivity index (χ1) is 6.86. The highest BCUT2D eigenvalue weighted by molar-refractivity contribution is 5.29. The molecule has 0 aliphatic heterocycles. The normalized spacial score (nSPS) is 11.1. The third-order valence-electron chi connectivity index (χ3n) is 2.03. The van der Waals surface area contributed by atoms with Crippen LogP contribution in [-0.2, 0) is 6.42 Å². The van der Waals surface area contributed by atoms with Gasteiger partial charge in [-0.15, -0.1) is 0 Å². The lowest BCUT2D eigenvalue weighted by atomic mass is 10.1. The summed E-state index contributed by atoms with van der Waals surface area (Å²) in [7, 11) is 1.87. The van der Waals surface area contributed by atoms with E-state index in [2.05, 4.69) is 41.3 Å². The molecule has 1 aromatic carbocycles. The van der Waals surface area contributed by atoms with Gasteiger partial charge in [-0.05, 0) is 25.1 Å².